The standard InChI is InChI=1S/C25H26N2O4S/c1-20-11-13-22(14-12-20)32(29,30)27(19-21-7-3-2-4-8-21)24-10-6-5-9-23(24)25(28)26-15-17-31-18-16-26/h2-14H,15-19H2,1H3. The minimum atomic E-state index is -3.92. The van der Waals surface area contributed by atoms with Crippen LogP contribution in [0.15, 0.2) is 83.8 Å². The third kappa shape index (κ3) is 4.69. The fourth-order valence-corrected chi connectivity index (χ4v) is 5.17. The molecule has 0 aromatic heterocycles. The molecule has 1 aliphatic heterocycles. The molecule has 0 unspecified atom stereocenters. The van der Waals surface area contributed by atoms with Gasteiger partial charge in [-0.05, 0) is 36.8 Å². The first-order chi connectivity index (χ1) is 15.5. The molecule has 0 radical (unpaired) electrons. The number of hydrogen-bond donors (Lipinski definition) is 0. The Morgan fingerprint density at radius 2 is 1.53 bits per heavy atom. The summed E-state index contributed by atoms with van der Waals surface area (Å²) in [6, 6.07) is 23.1. The molecule has 0 spiro atoms. The summed E-state index contributed by atoms with van der Waals surface area (Å²) in [5.74, 6) is -0.193. The number of anilines is 1. The van der Waals surface area contributed by atoms with Crippen molar-refractivity contribution in [2.24, 2.45) is 0 Å². The second-order valence-corrected chi connectivity index (χ2v) is 9.59. The molecule has 1 heterocycles. The summed E-state index contributed by atoms with van der Waals surface area (Å²) in [5, 5.41) is 0. The minimum absolute atomic E-state index is 0.116. The van der Waals surface area contributed by atoms with E-state index in [0.717, 1.165) is 11.1 Å². The highest BCUT2D eigenvalue weighted by Crippen LogP contribution is 2.30. The molecule has 6 nitrogen and oxygen atoms in total. The summed E-state index contributed by atoms with van der Waals surface area (Å²) in [6.45, 7) is 3.94. The molecule has 1 amide bonds. The van der Waals surface area contributed by atoms with Crippen molar-refractivity contribution in [3.05, 3.63) is 95.6 Å². The van der Waals surface area contributed by atoms with Crippen molar-refractivity contribution < 1.29 is 17.9 Å². The van der Waals surface area contributed by atoms with Gasteiger partial charge in [-0.2, -0.15) is 0 Å². The second kappa shape index (κ2) is 9.54. The van der Waals surface area contributed by atoms with Crippen LogP contribution in [0.1, 0.15) is 21.5 Å². The van der Waals surface area contributed by atoms with Crippen LogP contribution < -0.4 is 4.31 Å². The summed E-state index contributed by atoms with van der Waals surface area (Å²) in [7, 11) is -3.92. The number of nitrogens with zero attached hydrogens (tertiary/aromatic N) is 2. The van der Waals surface area contributed by atoms with Crippen LogP contribution in [0, 0.1) is 6.92 Å². The van der Waals surface area contributed by atoms with Crippen LogP contribution in [-0.4, -0.2) is 45.5 Å². The van der Waals surface area contributed by atoms with E-state index < -0.39 is 10.0 Å². The molecule has 0 atom stereocenters. The lowest BCUT2D eigenvalue weighted by atomic mass is 10.1. The molecule has 32 heavy (non-hydrogen) atoms. The number of amides is 1. The molecular weight excluding hydrogens is 424 g/mol. The summed E-state index contributed by atoms with van der Waals surface area (Å²) >= 11 is 0. The molecule has 0 N–H and O–H groups in total. The summed E-state index contributed by atoms with van der Waals surface area (Å²) in [4.78, 5) is 15.2. The molecule has 1 aliphatic rings. The van der Waals surface area contributed by atoms with Gasteiger partial charge in [0, 0.05) is 13.1 Å². The number of para-hydroxylation sites is 1. The summed E-state index contributed by atoms with van der Waals surface area (Å²) < 4.78 is 34.3. The van der Waals surface area contributed by atoms with E-state index in [4.69, 9.17) is 4.74 Å². The minimum Gasteiger partial charge on any atom is -0.378 e. The topological polar surface area (TPSA) is 66.9 Å². The number of carbonyl (C=O) groups excluding carboxylic acids is 1. The number of sulfonamides is 1. The van der Waals surface area contributed by atoms with Crippen molar-refractivity contribution in [3.8, 4) is 0 Å². The first kappa shape index (κ1) is 22.0. The lowest BCUT2D eigenvalue weighted by molar-refractivity contribution is 0.0303. The third-order valence-corrected chi connectivity index (χ3v) is 7.25. The number of benzene rings is 3. The molecule has 0 aliphatic carbocycles. The lowest BCUT2D eigenvalue weighted by Gasteiger charge is -2.30. The van der Waals surface area contributed by atoms with E-state index in [1.165, 1.54) is 4.31 Å². The Kier molecular flexibility index (Phi) is 6.58. The van der Waals surface area contributed by atoms with E-state index in [9.17, 15) is 13.2 Å². The zero-order valence-corrected chi connectivity index (χ0v) is 18.8. The van der Waals surface area contributed by atoms with Crippen molar-refractivity contribution in [1.29, 1.82) is 0 Å². The van der Waals surface area contributed by atoms with Crippen molar-refractivity contribution in [2.45, 2.75) is 18.4 Å². The Morgan fingerprint density at radius 1 is 0.906 bits per heavy atom. The fourth-order valence-electron chi connectivity index (χ4n) is 3.70. The van der Waals surface area contributed by atoms with E-state index in [0.29, 0.717) is 37.6 Å². The normalized spacial score (nSPS) is 14.2. The van der Waals surface area contributed by atoms with Crippen LogP contribution in [0.3, 0.4) is 0 Å². The van der Waals surface area contributed by atoms with E-state index in [-0.39, 0.29) is 17.3 Å². The maximum Gasteiger partial charge on any atom is 0.264 e. The number of rotatable bonds is 6. The molecule has 1 saturated heterocycles. The van der Waals surface area contributed by atoms with Crippen LogP contribution in [0.2, 0.25) is 0 Å². The zero-order valence-electron chi connectivity index (χ0n) is 18.0. The average molecular weight is 451 g/mol. The van der Waals surface area contributed by atoms with Crippen LogP contribution >= 0.6 is 0 Å². The Balaban J connectivity index is 1.80. The van der Waals surface area contributed by atoms with Gasteiger partial charge >= 0.3 is 0 Å². The van der Waals surface area contributed by atoms with Gasteiger partial charge in [0.15, 0.2) is 0 Å². The predicted molar refractivity (Wildman–Crippen MR) is 124 cm³/mol. The van der Waals surface area contributed by atoms with Gasteiger partial charge < -0.3 is 9.64 Å². The maximum absolute atomic E-state index is 13.8. The zero-order chi connectivity index (χ0) is 22.6. The van der Waals surface area contributed by atoms with E-state index in [1.54, 1.807) is 53.4 Å². The van der Waals surface area contributed by atoms with Crippen molar-refractivity contribution in [1.82, 2.24) is 4.90 Å². The summed E-state index contributed by atoms with van der Waals surface area (Å²) in [6.07, 6.45) is 0. The van der Waals surface area contributed by atoms with Gasteiger partial charge in [-0.1, -0.05) is 60.2 Å². The van der Waals surface area contributed by atoms with Crippen LogP contribution in [0.5, 0.6) is 0 Å². The molecule has 1 fully saturated rings. The van der Waals surface area contributed by atoms with Crippen LogP contribution in [0.4, 0.5) is 5.69 Å². The Hall–Kier alpha value is -3.16. The number of aryl methyl sites for hydroxylation is 1. The fraction of sp³-hybridized carbons (Fsp3) is 0.240. The van der Waals surface area contributed by atoms with Crippen LogP contribution in [0.25, 0.3) is 0 Å². The average Bonchev–Trinajstić information content (AvgIpc) is 2.83. The monoisotopic (exact) mass is 450 g/mol. The third-order valence-electron chi connectivity index (χ3n) is 5.48. The molecule has 166 valence electrons. The molecular formula is C25H26N2O4S. The predicted octanol–water partition coefficient (Wildman–Crippen LogP) is 3.86. The molecule has 3 aromatic carbocycles. The molecule has 4 rings (SSSR count). The van der Waals surface area contributed by atoms with Gasteiger partial charge in [0.25, 0.3) is 15.9 Å². The van der Waals surface area contributed by atoms with Gasteiger partial charge in [-0.15, -0.1) is 0 Å². The first-order valence-electron chi connectivity index (χ1n) is 10.6. The van der Waals surface area contributed by atoms with Gasteiger partial charge in [-0.25, -0.2) is 8.42 Å². The van der Waals surface area contributed by atoms with Crippen LogP contribution in [-0.2, 0) is 21.3 Å². The molecule has 7 heteroatoms. The highest BCUT2D eigenvalue weighted by Gasteiger charge is 2.30. The Bertz CT molecular complexity index is 1170. The molecule has 0 saturated carbocycles. The lowest BCUT2D eigenvalue weighted by Crippen LogP contribution is -2.41. The number of ether oxygens (including phenoxy) is 1. The van der Waals surface area contributed by atoms with Crippen molar-refractivity contribution >= 4 is 21.6 Å². The summed E-state index contributed by atoms with van der Waals surface area (Å²) in [5.41, 5.74) is 2.53. The SMILES string of the molecule is Cc1ccc(S(=O)(=O)N(Cc2ccccc2)c2ccccc2C(=O)N2CCOCC2)cc1. The Labute approximate surface area is 189 Å². The van der Waals surface area contributed by atoms with Gasteiger partial charge in [0.05, 0.1) is 35.9 Å². The highest BCUT2D eigenvalue weighted by molar-refractivity contribution is 7.92. The van der Waals surface area contributed by atoms with E-state index in [1.807, 2.05) is 37.3 Å². The first-order valence-corrected chi connectivity index (χ1v) is 12.0. The van der Waals surface area contributed by atoms with Gasteiger partial charge in [0.1, 0.15) is 0 Å². The largest absolute Gasteiger partial charge is 0.378 e. The quantitative estimate of drug-likeness (QED) is 0.572. The number of carbonyl (C=O) groups is 1. The maximum atomic E-state index is 13.8. The Morgan fingerprint density at radius 3 is 2.22 bits per heavy atom. The van der Waals surface area contributed by atoms with E-state index >= 15 is 0 Å². The number of morpholine rings is 1. The van der Waals surface area contributed by atoms with Gasteiger partial charge in [0.2, 0.25) is 0 Å². The van der Waals surface area contributed by atoms with E-state index in [2.05, 4.69) is 0 Å². The van der Waals surface area contributed by atoms with Gasteiger partial charge in [-0.3, -0.25) is 9.10 Å². The van der Waals surface area contributed by atoms with Crippen molar-refractivity contribution in [2.75, 3.05) is 30.6 Å². The molecule has 3 aromatic rings. The molecule has 0 bridgehead atoms. The smallest absolute Gasteiger partial charge is 0.264 e. The number of hydrogen-bond acceptors (Lipinski definition) is 4. The van der Waals surface area contributed by atoms with Crippen molar-refractivity contribution in [3.63, 3.8) is 0 Å². The highest BCUT2D eigenvalue weighted by atomic mass is 32.2. The second-order valence-electron chi connectivity index (χ2n) is 7.73.